The number of benzene rings is 3. The number of para-hydroxylation sites is 1. The summed E-state index contributed by atoms with van der Waals surface area (Å²) < 4.78 is 10.4. The molecule has 0 radical (unpaired) electrons. The molecule has 4 aromatic rings. The molecule has 0 aliphatic carbocycles. The van der Waals surface area contributed by atoms with Crippen molar-refractivity contribution in [3.8, 4) is 17.0 Å². The largest absolute Gasteiger partial charge is 0.497 e. The zero-order valence-electron chi connectivity index (χ0n) is 17.2. The summed E-state index contributed by atoms with van der Waals surface area (Å²) in [6.45, 7) is -0.419. The Balaban J connectivity index is 1.53. The number of halogens is 1. The smallest absolute Gasteiger partial charge is 0.339 e. The van der Waals surface area contributed by atoms with Gasteiger partial charge < -0.3 is 14.8 Å². The maximum Gasteiger partial charge on any atom is 0.339 e. The van der Waals surface area contributed by atoms with Crippen LogP contribution in [-0.4, -0.2) is 30.6 Å². The van der Waals surface area contributed by atoms with Gasteiger partial charge in [-0.25, -0.2) is 9.78 Å². The van der Waals surface area contributed by atoms with Crippen LogP contribution < -0.4 is 10.1 Å². The number of anilines is 1. The van der Waals surface area contributed by atoms with Crippen molar-refractivity contribution in [2.75, 3.05) is 19.0 Å². The average molecular weight is 447 g/mol. The Morgan fingerprint density at radius 2 is 1.69 bits per heavy atom. The van der Waals surface area contributed by atoms with Crippen LogP contribution in [0.3, 0.4) is 0 Å². The Hall–Kier alpha value is -3.90. The van der Waals surface area contributed by atoms with Gasteiger partial charge in [0.2, 0.25) is 0 Å². The van der Waals surface area contributed by atoms with Crippen LogP contribution in [0, 0.1) is 0 Å². The molecule has 0 aliphatic rings. The minimum absolute atomic E-state index is 0.331. The van der Waals surface area contributed by atoms with Crippen LogP contribution in [0.5, 0.6) is 5.75 Å². The number of ether oxygens (including phenoxy) is 2. The van der Waals surface area contributed by atoms with E-state index in [0.29, 0.717) is 38.6 Å². The van der Waals surface area contributed by atoms with Gasteiger partial charge in [0.1, 0.15) is 5.75 Å². The van der Waals surface area contributed by atoms with Crippen molar-refractivity contribution in [3.05, 3.63) is 89.4 Å². The summed E-state index contributed by atoms with van der Waals surface area (Å²) in [5.74, 6) is -0.376. The molecular formula is C25H19ClN2O4. The van der Waals surface area contributed by atoms with Crippen LogP contribution in [0.1, 0.15) is 10.4 Å². The van der Waals surface area contributed by atoms with Crippen molar-refractivity contribution >= 4 is 40.1 Å². The zero-order valence-corrected chi connectivity index (χ0v) is 17.9. The summed E-state index contributed by atoms with van der Waals surface area (Å²) in [7, 11) is 1.56. The summed E-state index contributed by atoms with van der Waals surface area (Å²) in [5.41, 5.74) is 2.97. The Kier molecular flexibility index (Phi) is 6.33. The number of hydrogen-bond acceptors (Lipinski definition) is 5. The van der Waals surface area contributed by atoms with E-state index < -0.39 is 18.5 Å². The topological polar surface area (TPSA) is 77.5 Å². The van der Waals surface area contributed by atoms with E-state index >= 15 is 0 Å². The van der Waals surface area contributed by atoms with Crippen LogP contribution in [-0.2, 0) is 9.53 Å². The molecule has 0 saturated heterocycles. The molecule has 4 rings (SSSR count). The summed E-state index contributed by atoms with van der Waals surface area (Å²) in [5, 5.41) is 3.94. The summed E-state index contributed by atoms with van der Waals surface area (Å²) in [6.07, 6.45) is 0. The Labute approximate surface area is 189 Å². The van der Waals surface area contributed by atoms with Gasteiger partial charge in [0, 0.05) is 21.7 Å². The lowest BCUT2D eigenvalue weighted by Crippen LogP contribution is -2.21. The molecule has 6 nitrogen and oxygen atoms in total. The lowest BCUT2D eigenvalue weighted by Gasteiger charge is -2.11. The van der Waals surface area contributed by atoms with E-state index in [1.165, 1.54) is 0 Å². The molecule has 0 spiro atoms. The number of nitrogens with zero attached hydrogens (tertiary/aromatic N) is 1. The molecule has 1 amide bonds. The second kappa shape index (κ2) is 9.49. The molecule has 3 aromatic carbocycles. The summed E-state index contributed by atoms with van der Waals surface area (Å²) in [4.78, 5) is 29.8. The number of aromatic nitrogens is 1. The van der Waals surface area contributed by atoms with Crippen LogP contribution in [0.15, 0.2) is 78.9 Å². The number of rotatable bonds is 6. The molecule has 1 heterocycles. The van der Waals surface area contributed by atoms with Gasteiger partial charge in [-0.1, -0.05) is 41.9 Å². The number of methoxy groups -OCH3 is 1. The third-order valence-corrected chi connectivity index (χ3v) is 5.04. The fourth-order valence-corrected chi connectivity index (χ4v) is 3.32. The normalized spacial score (nSPS) is 10.6. The molecule has 1 aromatic heterocycles. The molecule has 160 valence electrons. The molecule has 0 unspecified atom stereocenters. The molecule has 1 N–H and O–H groups in total. The van der Waals surface area contributed by atoms with Crippen molar-refractivity contribution in [2.45, 2.75) is 0 Å². The Morgan fingerprint density at radius 1 is 0.969 bits per heavy atom. The van der Waals surface area contributed by atoms with Crippen LogP contribution in [0.25, 0.3) is 22.2 Å². The molecule has 0 aliphatic heterocycles. The monoisotopic (exact) mass is 446 g/mol. The van der Waals surface area contributed by atoms with E-state index in [9.17, 15) is 9.59 Å². The number of hydrogen-bond donors (Lipinski definition) is 1. The SMILES string of the molecule is COc1ccc(NC(=O)COC(=O)c2cc(-c3ccc(Cl)cc3)nc3ccccc23)cc1. The average Bonchev–Trinajstić information content (AvgIpc) is 2.83. The van der Waals surface area contributed by atoms with Gasteiger partial charge in [0.05, 0.1) is 23.9 Å². The fraction of sp³-hybridized carbons (Fsp3) is 0.0800. The molecule has 32 heavy (non-hydrogen) atoms. The highest BCUT2D eigenvalue weighted by Gasteiger charge is 2.16. The van der Waals surface area contributed by atoms with E-state index in [2.05, 4.69) is 10.3 Å². The van der Waals surface area contributed by atoms with E-state index in [1.54, 1.807) is 55.6 Å². The van der Waals surface area contributed by atoms with Gasteiger partial charge in [0.15, 0.2) is 6.61 Å². The van der Waals surface area contributed by atoms with E-state index in [-0.39, 0.29) is 0 Å². The minimum Gasteiger partial charge on any atom is -0.497 e. The van der Waals surface area contributed by atoms with Crippen LogP contribution in [0.4, 0.5) is 5.69 Å². The predicted octanol–water partition coefficient (Wildman–Crippen LogP) is 5.36. The molecular weight excluding hydrogens is 428 g/mol. The maximum atomic E-state index is 12.9. The number of nitrogens with one attached hydrogen (secondary N) is 1. The van der Waals surface area contributed by atoms with Gasteiger partial charge >= 0.3 is 5.97 Å². The fourth-order valence-electron chi connectivity index (χ4n) is 3.19. The van der Waals surface area contributed by atoms with Gasteiger partial charge in [-0.15, -0.1) is 0 Å². The van der Waals surface area contributed by atoms with Crippen molar-refractivity contribution in [1.29, 1.82) is 0 Å². The predicted molar refractivity (Wildman–Crippen MR) is 124 cm³/mol. The van der Waals surface area contributed by atoms with Crippen molar-refractivity contribution in [1.82, 2.24) is 4.98 Å². The Morgan fingerprint density at radius 3 is 2.41 bits per heavy atom. The van der Waals surface area contributed by atoms with Gasteiger partial charge in [-0.2, -0.15) is 0 Å². The summed E-state index contributed by atoms with van der Waals surface area (Å²) >= 11 is 5.98. The maximum absolute atomic E-state index is 12.9. The Bertz CT molecular complexity index is 1270. The number of carbonyl (C=O) groups excluding carboxylic acids is 2. The standard InChI is InChI=1S/C25H19ClN2O4/c1-31-19-12-10-18(11-13-19)27-24(29)15-32-25(30)21-14-23(16-6-8-17(26)9-7-16)28-22-5-3-2-4-20(21)22/h2-14H,15H2,1H3,(H,27,29). The first-order valence-electron chi connectivity index (χ1n) is 9.80. The minimum atomic E-state index is -0.608. The number of carbonyl (C=O) groups is 2. The van der Waals surface area contributed by atoms with Gasteiger partial charge in [-0.05, 0) is 48.5 Å². The molecule has 7 heteroatoms. The highest BCUT2D eigenvalue weighted by molar-refractivity contribution is 6.30. The first-order valence-corrected chi connectivity index (χ1v) is 10.2. The van der Waals surface area contributed by atoms with E-state index in [1.807, 2.05) is 30.3 Å². The van der Waals surface area contributed by atoms with Crippen LogP contribution >= 0.6 is 11.6 Å². The van der Waals surface area contributed by atoms with Gasteiger partial charge in [0.25, 0.3) is 5.91 Å². The number of amides is 1. The zero-order chi connectivity index (χ0) is 22.5. The van der Waals surface area contributed by atoms with Crippen molar-refractivity contribution < 1.29 is 19.1 Å². The lowest BCUT2D eigenvalue weighted by atomic mass is 10.0. The second-order valence-electron chi connectivity index (χ2n) is 6.93. The highest BCUT2D eigenvalue weighted by Crippen LogP contribution is 2.26. The number of esters is 1. The third-order valence-electron chi connectivity index (χ3n) is 4.78. The highest BCUT2D eigenvalue weighted by atomic mass is 35.5. The van der Waals surface area contributed by atoms with E-state index in [0.717, 1.165) is 5.56 Å². The first kappa shape index (κ1) is 21.3. The number of pyridine rings is 1. The number of fused-ring (bicyclic) bond motifs is 1. The second-order valence-corrected chi connectivity index (χ2v) is 7.37. The van der Waals surface area contributed by atoms with Gasteiger partial charge in [-0.3, -0.25) is 4.79 Å². The first-order chi connectivity index (χ1) is 15.5. The quantitative estimate of drug-likeness (QED) is 0.403. The molecule has 0 atom stereocenters. The third kappa shape index (κ3) is 4.87. The molecule has 0 saturated carbocycles. The van der Waals surface area contributed by atoms with E-state index in [4.69, 9.17) is 21.1 Å². The summed E-state index contributed by atoms with van der Waals surface area (Å²) in [6, 6.07) is 23.0. The molecule has 0 bridgehead atoms. The van der Waals surface area contributed by atoms with Crippen molar-refractivity contribution in [2.24, 2.45) is 0 Å². The van der Waals surface area contributed by atoms with Crippen molar-refractivity contribution in [3.63, 3.8) is 0 Å². The lowest BCUT2D eigenvalue weighted by molar-refractivity contribution is -0.119. The molecule has 0 fully saturated rings. The van der Waals surface area contributed by atoms with Crippen LogP contribution in [0.2, 0.25) is 5.02 Å².